The molecule has 12 bridgehead atoms. The van der Waals surface area contributed by atoms with Gasteiger partial charge in [-0.05, 0) is 6.42 Å². The van der Waals surface area contributed by atoms with Gasteiger partial charge >= 0.3 is 0 Å². The summed E-state index contributed by atoms with van der Waals surface area (Å²) in [7, 11) is -5.11. The Kier molecular flexibility index (Phi) is 20.1. The fourth-order valence-electron chi connectivity index (χ4n) is 10.1. The Morgan fingerprint density at radius 1 is 0.373 bits per heavy atom. The highest BCUT2D eigenvalue weighted by Gasteiger charge is 2.61. The van der Waals surface area contributed by atoms with Crippen molar-refractivity contribution < 1.29 is 166 Å². The normalized spacial score (nSPS) is 51.5. The van der Waals surface area contributed by atoms with Crippen LogP contribution in [0, 0.1) is 0 Å². The highest BCUT2D eigenvalue weighted by Crippen LogP contribution is 2.40. The second-order valence-corrected chi connectivity index (χ2v) is 20.5. The molecule has 13 rings (SSSR count). The first-order chi connectivity index (χ1) is 35.7. The van der Waals surface area contributed by atoms with E-state index in [0.717, 1.165) is 0 Å². The molecule has 35 heteroatoms. The van der Waals surface area contributed by atoms with E-state index in [9.17, 15) is 89.6 Å². The Morgan fingerprint density at radius 3 is 0.973 bits per heavy atom. The minimum absolute atomic E-state index is 0.0622. The molecule has 13 aliphatic rings. The van der Waals surface area contributed by atoms with E-state index in [1.807, 2.05) is 0 Å². The zero-order valence-corrected chi connectivity index (χ0v) is 40.3. The van der Waals surface area contributed by atoms with Gasteiger partial charge in [-0.2, -0.15) is 18.2 Å². The van der Waals surface area contributed by atoms with Crippen LogP contribution in [0.15, 0.2) is 0 Å². The van der Waals surface area contributed by atoms with Crippen LogP contribution in [0.25, 0.3) is 0 Å². The van der Waals surface area contributed by atoms with Crippen molar-refractivity contribution in [3.63, 3.8) is 0 Å². The fraction of sp³-hybridized carbons (Fsp3) is 1.00. The molecule has 0 aromatic carbocycles. The van der Waals surface area contributed by atoms with E-state index < -0.39 is 246 Å². The van der Waals surface area contributed by atoms with Gasteiger partial charge in [0, 0.05) is 0 Å². The zero-order valence-electron chi connectivity index (χ0n) is 39.5. The monoisotopic (exact) mass is 1120 g/mol. The predicted molar refractivity (Wildman–Crippen MR) is 224 cm³/mol. The minimum atomic E-state index is -5.11. The molecule has 0 amide bonds. The smallest absolute Gasteiger partial charge is 0.292 e. The van der Waals surface area contributed by atoms with Crippen molar-refractivity contribution in [3.8, 4) is 0 Å². The molecule has 0 aliphatic carbocycles. The van der Waals surface area contributed by atoms with E-state index in [-0.39, 0.29) is 6.42 Å². The highest BCUT2D eigenvalue weighted by atomic mass is 32.2. The molecular weight excluding hydrogens is 1060 g/mol. The summed E-state index contributed by atoms with van der Waals surface area (Å²) in [4.78, 5) is 11.1. The van der Waals surface area contributed by atoms with Crippen molar-refractivity contribution in [2.45, 2.75) is 209 Å². The van der Waals surface area contributed by atoms with Gasteiger partial charge in [-0.3, -0.25) is 4.55 Å². The molecule has 13 fully saturated rings. The van der Waals surface area contributed by atoms with Crippen LogP contribution in [0.1, 0.15) is 19.8 Å². The van der Waals surface area contributed by atoms with E-state index >= 15 is 0 Å². The summed E-state index contributed by atoms with van der Waals surface area (Å²) in [6.07, 6.45) is -61.5. The summed E-state index contributed by atoms with van der Waals surface area (Å²) in [6, 6.07) is 0. The number of aliphatic hydroxyl groups excluding tert-OH is 15. The Balaban J connectivity index is 1.23. The van der Waals surface area contributed by atoms with Crippen LogP contribution in [-0.2, 0) is 86.5 Å². The molecule has 34 nitrogen and oxygen atoms in total. The molecule has 436 valence electrons. The average Bonchev–Trinajstić information content (AvgIpc) is 3.38. The van der Waals surface area contributed by atoms with Gasteiger partial charge in [0.15, 0.2) is 55.4 Å². The first-order valence-electron chi connectivity index (χ1n) is 24.0. The van der Waals surface area contributed by atoms with Crippen LogP contribution in [-0.4, -0.2) is 319 Å². The van der Waals surface area contributed by atoms with Gasteiger partial charge in [-0.15, -0.1) is 0 Å². The topological polar surface area (TPSA) is 506 Å². The van der Waals surface area contributed by atoms with Crippen LogP contribution in [0.2, 0.25) is 0 Å². The first kappa shape index (κ1) is 59.8. The van der Waals surface area contributed by atoms with Crippen LogP contribution in [0.4, 0.5) is 0 Å². The summed E-state index contributed by atoms with van der Waals surface area (Å²) in [5.74, 6) is 0. The third-order valence-corrected chi connectivity index (χ3v) is 15.1. The lowest BCUT2D eigenvalue weighted by molar-refractivity contribution is -0.573. The van der Waals surface area contributed by atoms with Crippen molar-refractivity contribution in [3.05, 3.63) is 0 Å². The second kappa shape index (κ2) is 25.2. The minimum Gasteiger partial charge on any atom is -0.394 e. The van der Waals surface area contributed by atoms with Crippen molar-refractivity contribution in [2.24, 2.45) is 0 Å². The molecule has 75 heavy (non-hydrogen) atoms. The number of hydrogen-bond donors (Lipinski definition) is 16. The van der Waals surface area contributed by atoms with Crippen molar-refractivity contribution in [1.82, 2.24) is 0 Å². The van der Waals surface area contributed by atoms with Crippen LogP contribution in [0.3, 0.4) is 0 Å². The number of ether oxygens (including phenoxy) is 13. The van der Waals surface area contributed by atoms with Gasteiger partial charge in [0.1, 0.15) is 134 Å². The van der Waals surface area contributed by atoms with Gasteiger partial charge in [0.2, 0.25) is 0 Å². The molecule has 31 atom stereocenters. The molecular formula is C40H66O34S. The molecule has 13 saturated heterocycles. The lowest BCUT2D eigenvalue weighted by Gasteiger charge is -2.52. The standard InChI is InChI=1S/C40H66O34S/c1-2-3-16(75(56,57)58)65-32-23(53)38-62-13(7-44)29(32)69-40-25(55)34-30(14(8-45)64-40)70-37-22(52)19(49)27(11(5-42)61-37)67-35-20(50)17(47)26(10(4-41)59-35)66-36-21(51)18(48)28(12(6-43)60-36)68-39-24(54)33(72-74-73-34)31(71-38)15(9-46)63-39/h10-55H,2-9H2,1H3,(H,56,57,58)/t10-,11-,12-,13-,14-,15-,16?,17-,18-,19-,20-,21-,22-,23-,24-,25-,26-,27-,28-,29+,30+,31+,32-,33-,34-,35-,36-,37-,38-,39-,40-/m1/s1. The van der Waals surface area contributed by atoms with Gasteiger partial charge in [-0.1, -0.05) is 18.4 Å². The maximum atomic E-state index is 12.6. The van der Waals surface area contributed by atoms with Crippen molar-refractivity contribution in [2.75, 3.05) is 39.6 Å². The third kappa shape index (κ3) is 12.0. The SMILES string of the molecule is CCCC(O[C@@H]1[C@@H](O)[C@H]2O[C@@H]3[C@@H]4OOO[C@@H]5[C@@H](O)[C@@H](O[C@H]1[C@@H](CO)O2)O[C@H](CO)[C@@H]5O[C@H]1O[C@H](CO)[C@@H](O[C@H]2O[C@H](CO)[C@@H](O[C@H]5O[C@H](CO)[C@@H](O[C@@H](O[C@@H]3CO)[C@@H]4O)[C@H](O)[C@H]5O)[C@H](O)[C@H]2O)[C@H](O)[C@H]1O)S(=O)(=O)O. The lowest BCUT2D eigenvalue weighted by Crippen LogP contribution is -2.70. The van der Waals surface area contributed by atoms with Crippen LogP contribution >= 0.6 is 0 Å². The summed E-state index contributed by atoms with van der Waals surface area (Å²) < 4.78 is 112. The fourth-order valence-corrected chi connectivity index (χ4v) is 10.9. The average molecular weight is 1120 g/mol. The number of fused-ring (bicyclic) bond motifs is 3. The summed E-state index contributed by atoms with van der Waals surface area (Å²) in [5, 5.41) is 173. The van der Waals surface area contributed by atoms with Crippen LogP contribution < -0.4 is 0 Å². The number of hydrogen-bond acceptors (Lipinski definition) is 33. The summed E-state index contributed by atoms with van der Waals surface area (Å²) in [5.41, 5.74) is -2.11. The summed E-state index contributed by atoms with van der Waals surface area (Å²) in [6.45, 7) is -4.90. The van der Waals surface area contributed by atoms with E-state index in [0.29, 0.717) is 0 Å². The van der Waals surface area contributed by atoms with E-state index in [1.54, 1.807) is 0 Å². The lowest BCUT2D eigenvalue weighted by atomic mass is 9.94. The predicted octanol–water partition coefficient (Wildman–Crippen LogP) is -11.1. The third-order valence-electron chi connectivity index (χ3n) is 14.1. The van der Waals surface area contributed by atoms with E-state index in [1.165, 1.54) is 6.92 Å². The van der Waals surface area contributed by atoms with E-state index in [2.05, 4.69) is 0 Å². The molecule has 0 spiro atoms. The second-order valence-electron chi connectivity index (χ2n) is 18.9. The molecule has 13 aliphatic heterocycles. The van der Waals surface area contributed by atoms with Gasteiger partial charge in [0.05, 0.1) is 39.6 Å². The van der Waals surface area contributed by atoms with E-state index in [4.69, 9.17) is 76.4 Å². The van der Waals surface area contributed by atoms with Gasteiger partial charge in [0.25, 0.3) is 10.1 Å². The Hall–Kier alpha value is -1.33. The molecule has 0 aromatic rings. The molecule has 16 N–H and O–H groups in total. The van der Waals surface area contributed by atoms with Crippen LogP contribution in [0.5, 0.6) is 0 Å². The molecule has 13 heterocycles. The summed E-state index contributed by atoms with van der Waals surface area (Å²) >= 11 is 0. The molecule has 0 saturated carbocycles. The van der Waals surface area contributed by atoms with Gasteiger partial charge in [-0.25, -0.2) is 0 Å². The van der Waals surface area contributed by atoms with Gasteiger partial charge < -0.3 is 138 Å². The largest absolute Gasteiger partial charge is 0.394 e. The maximum absolute atomic E-state index is 12.6. The highest BCUT2D eigenvalue weighted by molar-refractivity contribution is 7.86. The zero-order chi connectivity index (χ0) is 54.4. The first-order valence-corrected chi connectivity index (χ1v) is 25.5. The number of rotatable bonds is 11. The van der Waals surface area contributed by atoms with Crippen molar-refractivity contribution >= 4 is 10.1 Å². The number of aliphatic hydroxyl groups is 15. The molecule has 0 radical (unpaired) electrons. The van der Waals surface area contributed by atoms with Crippen molar-refractivity contribution in [1.29, 1.82) is 0 Å². The quantitative estimate of drug-likeness (QED) is 0.0675. The molecule has 1 unspecified atom stereocenters. The Labute approximate surface area is 424 Å². The molecule has 0 aromatic heterocycles. The Bertz CT molecular complexity index is 1910. The Morgan fingerprint density at radius 2 is 0.653 bits per heavy atom. The maximum Gasteiger partial charge on any atom is 0.292 e.